The van der Waals surface area contributed by atoms with Gasteiger partial charge in [0, 0.05) is 6.20 Å². The molecule has 0 fully saturated rings. The molecule has 1 aromatic heterocycles. The first-order chi connectivity index (χ1) is 8.11. The van der Waals surface area contributed by atoms with E-state index in [-0.39, 0.29) is 0 Å². The summed E-state index contributed by atoms with van der Waals surface area (Å²) < 4.78 is 0.555. The number of rotatable bonds is 4. The van der Waals surface area contributed by atoms with E-state index in [0.29, 0.717) is 15.7 Å². The van der Waals surface area contributed by atoms with E-state index in [0.717, 1.165) is 18.7 Å². The second-order valence-electron chi connectivity index (χ2n) is 4.09. The summed E-state index contributed by atoms with van der Waals surface area (Å²) in [5, 5.41) is 7.93. The molecule has 0 bridgehead atoms. The van der Waals surface area contributed by atoms with Crippen LogP contribution in [0, 0.1) is 0 Å². The predicted octanol–water partition coefficient (Wildman–Crippen LogP) is 2.24. The Morgan fingerprint density at radius 1 is 1.47 bits per heavy atom. The van der Waals surface area contributed by atoms with Gasteiger partial charge in [0.2, 0.25) is 5.95 Å². The van der Waals surface area contributed by atoms with Crippen molar-refractivity contribution < 1.29 is 4.59 Å². The van der Waals surface area contributed by atoms with Crippen LogP contribution in [-0.2, 0) is 0 Å². The molecule has 17 heavy (non-hydrogen) atoms. The summed E-state index contributed by atoms with van der Waals surface area (Å²) in [5.41, 5.74) is 0.892. The van der Waals surface area contributed by atoms with Crippen molar-refractivity contribution in [2.75, 3.05) is 18.9 Å². The smallest absolute Gasteiger partial charge is 0.228 e. The normalized spacial score (nSPS) is 22.6. The van der Waals surface area contributed by atoms with E-state index in [1.165, 1.54) is 0 Å². The molecule has 1 aliphatic rings. The van der Waals surface area contributed by atoms with E-state index in [1.54, 1.807) is 18.5 Å². The zero-order chi connectivity index (χ0) is 12.3. The lowest BCUT2D eigenvalue weighted by Gasteiger charge is -2.18. The first kappa shape index (κ1) is 12.0. The lowest BCUT2D eigenvalue weighted by Crippen LogP contribution is -2.30. The maximum atomic E-state index is 5.79. The van der Waals surface area contributed by atoms with Crippen molar-refractivity contribution in [1.29, 1.82) is 0 Å². The van der Waals surface area contributed by atoms with Crippen molar-refractivity contribution in [2.45, 2.75) is 13.3 Å². The van der Waals surface area contributed by atoms with Crippen LogP contribution < -0.4 is 5.32 Å². The predicted molar refractivity (Wildman–Crippen MR) is 68.6 cm³/mol. The summed E-state index contributed by atoms with van der Waals surface area (Å²) in [6.45, 7) is 3.11. The van der Waals surface area contributed by atoms with Crippen LogP contribution in [0.2, 0.25) is 5.15 Å². The number of nitrogens with one attached hydrogen (secondary N) is 1. The third kappa shape index (κ3) is 3.01. The van der Waals surface area contributed by atoms with E-state index in [9.17, 15) is 0 Å². The van der Waals surface area contributed by atoms with Crippen LogP contribution in [0.5, 0.6) is 0 Å². The Morgan fingerprint density at radius 2 is 2.29 bits per heavy atom. The van der Waals surface area contributed by atoms with Crippen LogP contribution in [0.4, 0.5) is 5.95 Å². The monoisotopic (exact) mass is 252 g/mol. The molecule has 2 heterocycles. The fourth-order valence-corrected chi connectivity index (χ4v) is 1.86. The first-order valence-electron chi connectivity index (χ1n) is 5.50. The van der Waals surface area contributed by atoms with Crippen LogP contribution in [0.1, 0.15) is 13.3 Å². The number of quaternary nitrogens is 1. The average molecular weight is 253 g/mol. The molecule has 6 heteroatoms. The summed E-state index contributed by atoms with van der Waals surface area (Å²) in [7, 11) is 2.05. The van der Waals surface area contributed by atoms with Gasteiger partial charge in [0.1, 0.15) is 29.8 Å². The minimum Gasteiger partial charge on any atom is -0.318 e. The number of halogens is 1. The van der Waals surface area contributed by atoms with Gasteiger partial charge in [-0.25, -0.2) is 9.97 Å². The number of hydrogen-bond donors (Lipinski definition) is 1. The van der Waals surface area contributed by atoms with Gasteiger partial charge in [-0.1, -0.05) is 23.6 Å². The molecule has 1 unspecified atom stereocenters. The molecule has 90 valence electrons. The lowest BCUT2D eigenvalue weighted by atomic mass is 10.4. The molecule has 0 radical (unpaired) electrons. The van der Waals surface area contributed by atoms with Gasteiger partial charge in [0.15, 0.2) is 0 Å². The number of allylic oxidation sites excluding steroid dienone is 1. The van der Waals surface area contributed by atoms with Crippen LogP contribution in [-0.4, -0.2) is 34.4 Å². The van der Waals surface area contributed by atoms with Crippen molar-refractivity contribution in [3.05, 3.63) is 29.3 Å². The maximum Gasteiger partial charge on any atom is 0.228 e. The van der Waals surface area contributed by atoms with Crippen LogP contribution in [0.25, 0.3) is 0 Å². The summed E-state index contributed by atoms with van der Waals surface area (Å²) in [5.74, 6) is 0.486. The molecule has 0 saturated heterocycles. The van der Waals surface area contributed by atoms with Crippen molar-refractivity contribution in [1.82, 2.24) is 9.97 Å². The van der Waals surface area contributed by atoms with Gasteiger partial charge >= 0.3 is 0 Å². The van der Waals surface area contributed by atoms with Crippen molar-refractivity contribution in [3.63, 3.8) is 0 Å². The van der Waals surface area contributed by atoms with Gasteiger partial charge in [-0.2, -0.15) is 4.59 Å². The van der Waals surface area contributed by atoms with Gasteiger partial charge in [0.05, 0.1) is 7.05 Å². The number of nitrogens with zero attached hydrogens (tertiary/aromatic N) is 4. The second-order valence-corrected chi connectivity index (χ2v) is 4.48. The molecular weight excluding hydrogens is 238 g/mol. The summed E-state index contributed by atoms with van der Waals surface area (Å²) in [6.07, 6.45) is 6.52. The molecule has 1 aromatic rings. The van der Waals surface area contributed by atoms with Crippen LogP contribution in [0.3, 0.4) is 0 Å². The SMILES string of the molecule is CCC[N+]1(C)C=C(Nc2nccc(Cl)n2)C=N1. The van der Waals surface area contributed by atoms with E-state index < -0.39 is 0 Å². The van der Waals surface area contributed by atoms with Crippen molar-refractivity contribution in [3.8, 4) is 0 Å². The Labute approximate surface area is 105 Å². The average Bonchev–Trinajstić information content (AvgIpc) is 2.60. The highest BCUT2D eigenvalue weighted by atomic mass is 35.5. The molecule has 0 spiro atoms. The van der Waals surface area contributed by atoms with Gasteiger partial charge < -0.3 is 5.32 Å². The minimum absolute atomic E-state index is 0.420. The van der Waals surface area contributed by atoms with Gasteiger partial charge in [-0.15, -0.1) is 0 Å². The zero-order valence-electron chi connectivity index (χ0n) is 9.89. The summed E-state index contributed by atoms with van der Waals surface area (Å²) >= 11 is 5.79. The fraction of sp³-hybridized carbons (Fsp3) is 0.364. The van der Waals surface area contributed by atoms with E-state index in [2.05, 4.69) is 27.3 Å². The number of anilines is 1. The molecule has 0 aliphatic carbocycles. The Morgan fingerprint density at radius 3 is 3.00 bits per heavy atom. The number of hydrogen-bond acceptors (Lipinski definition) is 4. The molecule has 0 saturated carbocycles. The third-order valence-electron chi connectivity index (χ3n) is 2.43. The lowest BCUT2D eigenvalue weighted by molar-refractivity contribution is -0.863. The fourth-order valence-electron chi connectivity index (χ4n) is 1.73. The zero-order valence-corrected chi connectivity index (χ0v) is 10.6. The first-order valence-corrected chi connectivity index (χ1v) is 5.88. The minimum atomic E-state index is 0.420. The molecule has 1 N–H and O–H groups in total. The molecule has 1 aliphatic heterocycles. The van der Waals surface area contributed by atoms with Gasteiger partial charge in [-0.3, -0.25) is 0 Å². The molecule has 5 nitrogen and oxygen atoms in total. The van der Waals surface area contributed by atoms with E-state index in [1.807, 2.05) is 13.2 Å². The number of aromatic nitrogens is 2. The van der Waals surface area contributed by atoms with Gasteiger partial charge in [0.25, 0.3) is 0 Å². The highest BCUT2D eigenvalue weighted by Gasteiger charge is 2.23. The van der Waals surface area contributed by atoms with Gasteiger partial charge in [-0.05, 0) is 12.5 Å². The molecule has 2 rings (SSSR count). The maximum absolute atomic E-state index is 5.79. The molecule has 0 amide bonds. The quantitative estimate of drug-likeness (QED) is 0.661. The largest absolute Gasteiger partial charge is 0.318 e. The highest BCUT2D eigenvalue weighted by Crippen LogP contribution is 2.16. The van der Waals surface area contributed by atoms with Crippen molar-refractivity contribution >= 4 is 23.8 Å². The van der Waals surface area contributed by atoms with Crippen LogP contribution in [0.15, 0.2) is 29.3 Å². The summed E-state index contributed by atoms with van der Waals surface area (Å²) in [6, 6.07) is 1.64. The van der Waals surface area contributed by atoms with Crippen LogP contribution >= 0.6 is 11.6 Å². The Hall–Kier alpha value is -1.46. The van der Waals surface area contributed by atoms with E-state index in [4.69, 9.17) is 11.6 Å². The van der Waals surface area contributed by atoms with Crippen molar-refractivity contribution in [2.24, 2.45) is 5.10 Å². The Balaban J connectivity index is 2.09. The van der Waals surface area contributed by atoms with E-state index >= 15 is 0 Å². The Kier molecular flexibility index (Phi) is 3.40. The molecular formula is C11H15ClN5+. The Bertz CT molecular complexity index is 471. The third-order valence-corrected chi connectivity index (χ3v) is 2.64. The second kappa shape index (κ2) is 4.81. The highest BCUT2D eigenvalue weighted by molar-refractivity contribution is 6.29. The molecule has 0 aromatic carbocycles. The standard InChI is InChI=1S/C11H15ClN5/c1-3-6-17(2)8-9(7-14-17)15-11-13-5-4-10(12)16-11/h4-5,7-8H,3,6H2,1-2H3,(H,13,15,16)/q+1. The topological polar surface area (TPSA) is 50.2 Å². The summed E-state index contributed by atoms with van der Waals surface area (Å²) in [4.78, 5) is 8.14. The molecule has 1 atom stereocenters.